The molecule has 0 bridgehead atoms. The van der Waals surface area contributed by atoms with Gasteiger partial charge in [-0.1, -0.05) is 0 Å². The molecular formula is C14H16N2O6. The number of benzene rings is 1. The summed E-state index contributed by atoms with van der Waals surface area (Å²) in [6, 6.07) is 3.26. The minimum absolute atomic E-state index is 0.146. The Hall–Kier alpha value is -2.77. The highest BCUT2D eigenvalue weighted by Gasteiger charge is 2.48. The van der Waals surface area contributed by atoms with Crippen molar-refractivity contribution in [2.24, 2.45) is 0 Å². The van der Waals surface area contributed by atoms with Gasteiger partial charge in [-0.05, 0) is 12.1 Å². The van der Waals surface area contributed by atoms with Crippen LogP contribution in [0.5, 0.6) is 11.5 Å². The Morgan fingerprint density at radius 1 is 1.41 bits per heavy atom. The van der Waals surface area contributed by atoms with Crippen molar-refractivity contribution in [3.8, 4) is 11.5 Å². The number of carboxylic acid groups (broad SMARTS) is 1. The molecule has 0 aliphatic carbocycles. The molecule has 2 rings (SSSR count). The average Bonchev–Trinajstić information content (AvgIpc) is 2.52. The van der Waals surface area contributed by atoms with E-state index in [-0.39, 0.29) is 6.54 Å². The zero-order valence-corrected chi connectivity index (χ0v) is 12.1. The zero-order chi connectivity index (χ0) is 16.3. The predicted octanol–water partition coefficient (Wildman–Crippen LogP) is 0.250. The topological polar surface area (TPSA) is 105 Å². The van der Waals surface area contributed by atoms with Gasteiger partial charge in [0.15, 0.2) is 0 Å². The van der Waals surface area contributed by atoms with E-state index >= 15 is 0 Å². The molecule has 2 N–H and O–H groups in total. The number of hydrogen-bond donors (Lipinski definition) is 2. The minimum Gasteiger partial charge on any atom is -0.497 e. The predicted molar refractivity (Wildman–Crippen MR) is 74.9 cm³/mol. The van der Waals surface area contributed by atoms with Crippen LogP contribution < -0.4 is 14.8 Å². The van der Waals surface area contributed by atoms with E-state index in [0.717, 1.165) is 0 Å². The molecule has 1 aromatic rings. The normalized spacial score (nSPS) is 20.1. The number of nitrogens with zero attached hydrogens (tertiary/aromatic N) is 1. The summed E-state index contributed by atoms with van der Waals surface area (Å²) < 4.78 is 10.3. The van der Waals surface area contributed by atoms with Gasteiger partial charge in [0.05, 0.1) is 20.8 Å². The van der Waals surface area contributed by atoms with E-state index in [9.17, 15) is 14.4 Å². The zero-order valence-electron chi connectivity index (χ0n) is 12.1. The molecule has 2 unspecified atom stereocenters. The molecule has 8 heteroatoms. The van der Waals surface area contributed by atoms with Crippen LogP contribution in [0.1, 0.15) is 5.56 Å². The van der Waals surface area contributed by atoms with E-state index in [1.807, 2.05) is 5.32 Å². The van der Waals surface area contributed by atoms with Crippen molar-refractivity contribution in [1.82, 2.24) is 10.2 Å². The largest absolute Gasteiger partial charge is 0.497 e. The highest BCUT2D eigenvalue weighted by molar-refractivity contribution is 5.98. The third kappa shape index (κ3) is 2.80. The molecule has 1 fully saturated rings. The number of aldehydes is 1. The number of ether oxygens (including phenoxy) is 2. The number of methoxy groups -OCH3 is 2. The van der Waals surface area contributed by atoms with Crippen molar-refractivity contribution >= 4 is 18.3 Å². The Balaban J connectivity index is 2.15. The van der Waals surface area contributed by atoms with Gasteiger partial charge in [0.25, 0.3) is 0 Å². The first-order valence-electron chi connectivity index (χ1n) is 6.48. The number of amides is 2. The van der Waals surface area contributed by atoms with Crippen molar-refractivity contribution in [1.29, 1.82) is 0 Å². The maximum atomic E-state index is 12.0. The lowest BCUT2D eigenvalue weighted by Gasteiger charge is -2.43. The fourth-order valence-corrected chi connectivity index (χ4v) is 2.35. The number of carbonyl (C=O) groups is 3. The summed E-state index contributed by atoms with van der Waals surface area (Å²) in [5.74, 6) is 0.678. The highest BCUT2D eigenvalue weighted by atomic mass is 16.5. The molecule has 22 heavy (non-hydrogen) atoms. The van der Waals surface area contributed by atoms with Gasteiger partial charge in [-0.3, -0.25) is 4.79 Å². The summed E-state index contributed by atoms with van der Waals surface area (Å²) in [5, 5.41) is 10.7. The number of rotatable bonds is 6. The second kappa shape index (κ2) is 6.33. The number of carbonyl (C=O) groups excluding carboxylic acids is 2. The second-order valence-corrected chi connectivity index (χ2v) is 4.70. The molecule has 0 spiro atoms. The van der Waals surface area contributed by atoms with Crippen LogP contribution in [0.2, 0.25) is 0 Å². The summed E-state index contributed by atoms with van der Waals surface area (Å²) in [4.78, 5) is 35.0. The lowest BCUT2D eigenvalue weighted by molar-refractivity contribution is -0.154. The molecule has 1 heterocycles. The van der Waals surface area contributed by atoms with Gasteiger partial charge in [0.1, 0.15) is 29.9 Å². The average molecular weight is 308 g/mol. The standard InChI is InChI=1S/C14H16N2O6/c1-21-9-4-3-8(11(5-9)22-2)6-16-10(7-17)12(13(16)18)15-14(19)20/h3-5,7,10,12,15H,6H2,1-2H3,(H,19,20). The Morgan fingerprint density at radius 2 is 2.14 bits per heavy atom. The van der Waals surface area contributed by atoms with E-state index in [1.54, 1.807) is 18.2 Å². The maximum absolute atomic E-state index is 12.0. The monoisotopic (exact) mass is 308 g/mol. The first-order chi connectivity index (χ1) is 10.5. The van der Waals surface area contributed by atoms with Crippen molar-refractivity contribution in [3.63, 3.8) is 0 Å². The SMILES string of the molecule is COc1ccc(CN2C(=O)C(NC(=O)O)C2C=O)c(OC)c1. The molecule has 1 aromatic carbocycles. The Labute approximate surface area is 126 Å². The molecule has 2 amide bonds. The molecule has 8 nitrogen and oxygen atoms in total. The Morgan fingerprint density at radius 3 is 2.68 bits per heavy atom. The van der Waals surface area contributed by atoms with Crippen molar-refractivity contribution in [2.75, 3.05) is 14.2 Å². The lowest BCUT2D eigenvalue weighted by Crippen LogP contribution is -2.70. The number of hydrogen-bond acceptors (Lipinski definition) is 5. The quantitative estimate of drug-likeness (QED) is 0.576. The molecule has 1 saturated heterocycles. The molecular weight excluding hydrogens is 292 g/mol. The van der Waals surface area contributed by atoms with Crippen LogP contribution >= 0.6 is 0 Å². The molecule has 1 aliphatic rings. The van der Waals surface area contributed by atoms with E-state index in [1.165, 1.54) is 19.1 Å². The van der Waals surface area contributed by atoms with Crippen LogP contribution in [-0.4, -0.2) is 54.6 Å². The molecule has 1 aliphatic heterocycles. The van der Waals surface area contributed by atoms with Crippen molar-refractivity contribution < 1.29 is 29.0 Å². The number of β-lactam (4-membered cyclic amide) rings is 1. The van der Waals surface area contributed by atoms with Crippen LogP contribution in [0.25, 0.3) is 0 Å². The summed E-state index contributed by atoms with van der Waals surface area (Å²) >= 11 is 0. The first-order valence-corrected chi connectivity index (χ1v) is 6.48. The van der Waals surface area contributed by atoms with Gasteiger partial charge >= 0.3 is 6.09 Å². The first kappa shape index (κ1) is 15.6. The van der Waals surface area contributed by atoms with Gasteiger partial charge in [-0.25, -0.2) is 4.79 Å². The lowest BCUT2D eigenvalue weighted by atomic mass is 9.95. The van der Waals surface area contributed by atoms with Crippen molar-refractivity contribution in [3.05, 3.63) is 23.8 Å². The molecule has 0 aromatic heterocycles. The highest BCUT2D eigenvalue weighted by Crippen LogP contribution is 2.29. The van der Waals surface area contributed by atoms with Gasteiger partial charge in [-0.2, -0.15) is 0 Å². The summed E-state index contributed by atoms with van der Waals surface area (Å²) in [5.41, 5.74) is 0.692. The second-order valence-electron chi connectivity index (χ2n) is 4.70. The van der Waals surface area contributed by atoms with Gasteiger partial charge in [-0.15, -0.1) is 0 Å². The molecule has 2 atom stereocenters. The third-order valence-electron chi connectivity index (χ3n) is 3.50. The molecule has 0 radical (unpaired) electrons. The third-order valence-corrected chi connectivity index (χ3v) is 3.50. The number of likely N-dealkylation sites (tertiary alicyclic amines) is 1. The fourth-order valence-electron chi connectivity index (χ4n) is 2.35. The number of nitrogens with one attached hydrogen (secondary N) is 1. The summed E-state index contributed by atoms with van der Waals surface area (Å²) in [7, 11) is 3.01. The smallest absolute Gasteiger partial charge is 0.405 e. The van der Waals surface area contributed by atoms with Gasteiger partial charge in [0, 0.05) is 11.6 Å². The summed E-state index contributed by atoms with van der Waals surface area (Å²) in [6.07, 6.45) is -0.787. The Kier molecular flexibility index (Phi) is 4.50. The minimum atomic E-state index is -1.34. The summed E-state index contributed by atoms with van der Waals surface area (Å²) in [6.45, 7) is 0.146. The Bertz CT molecular complexity index is 603. The van der Waals surface area contributed by atoms with E-state index in [2.05, 4.69) is 0 Å². The van der Waals surface area contributed by atoms with E-state index < -0.39 is 24.1 Å². The van der Waals surface area contributed by atoms with Crippen molar-refractivity contribution in [2.45, 2.75) is 18.6 Å². The van der Waals surface area contributed by atoms with E-state index in [0.29, 0.717) is 23.3 Å². The van der Waals surface area contributed by atoms with Crippen LogP contribution in [0, 0.1) is 0 Å². The van der Waals surface area contributed by atoms with Crippen LogP contribution in [0.3, 0.4) is 0 Å². The molecule has 118 valence electrons. The van der Waals surface area contributed by atoms with Crippen LogP contribution in [-0.2, 0) is 16.1 Å². The van der Waals surface area contributed by atoms with Gasteiger partial charge < -0.3 is 29.6 Å². The van der Waals surface area contributed by atoms with Gasteiger partial charge in [0.2, 0.25) is 5.91 Å². The molecule has 0 saturated carbocycles. The maximum Gasteiger partial charge on any atom is 0.405 e. The van der Waals surface area contributed by atoms with Crippen LogP contribution in [0.15, 0.2) is 18.2 Å². The fraction of sp³-hybridized carbons (Fsp3) is 0.357. The van der Waals surface area contributed by atoms with E-state index in [4.69, 9.17) is 14.6 Å². The van der Waals surface area contributed by atoms with Crippen LogP contribution in [0.4, 0.5) is 4.79 Å².